The molecule has 0 saturated heterocycles. The number of methoxy groups -OCH3 is 1. The summed E-state index contributed by atoms with van der Waals surface area (Å²) < 4.78 is 23.8. The maximum absolute atomic E-state index is 13.5. The van der Waals surface area contributed by atoms with E-state index in [0.717, 1.165) is 11.6 Å². The first-order chi connectivity index (χ1) is 11.8. The first-order valence-electron chi connectivity index (χ1n) is 7.74. The summed E-state index contributed by atoms with van der Waals surface area (Å²) >= 11 is 0. The Hall–Kier alpha value is -2.89. The molecule has 1 amide bonds. The molecule has 0 saturated carbocycles. The molecule has 0 aliphatic heterocycles. The van der Waals surface area contributed by atoms with Crippen LogP contribution in [0.25, 0.3) is 0 Å². The van der Waals surface area contributed by atoms with Gasteiger partial charge in [0.25, 0.3) is 5.91 Å². The minimum absolute atomic E-state index is 0.0517. The molecule has 1 N–H and O–H groups in total. The fourth-order valence-corrected chi connectivity index (χ4v) is 2.16. The molecule has 0 spiro atoms. The number of aryl methyl sites for hydroxylation is 2. The van der Waals surface area contributed by atoms with Gasteiger partial charge in [0.2, 0.25) is 0 Å². The van der Waals surface area contributed by atoms with E-state index in [9.17, 15) is 14.0 Å². The Morgan fingerprint density at radius 1 is 1.12 bits per heavy atom. The molecule has 0 aromatic heterocycles. The summed E-state index contributed by atoms with van der Waals surface area (Å²) in [4.78, 5) is 24.3. The normalized spacial score (nSPS) is 11.6. The largest absolute Gasteiger partial charge is 0.495 e. The van der Waals surface area contributed by atoms with Crippen LogP contribution in [-0.4, -0.2) is 25.1 Å². The average molecular weight is 345 g/mol. The first kappa shape index (κ1) is 18.4. The highest BCUT2D eigenvalue weighted by molar-refractivity contribution is 5.98. The second-order valence-electron chi connectivity index (χ2n) is 5.70. The lowest BCUT2D eigenvalue weighted by Gasteiger charge is -2.15. The number of rotatable bonds is 5. The summed E-state index contributed by atoms with van der Waals surface area (Å²) in [6, 6.07) is 9.36. The van der Waals surface area contributed by atoms with Crippen molar-refractivity contribution in [1.29, 1.82) is 0 Å². The number of carbonyl (C=O) groups is 2. The fourth-order valence-electron chi connectivity index (χ4n) is 2.16. The van der Waals surface area contributed by atoms with E-state index in [2.05, 4.69) is 5.32 Å². The molecule has 0 unspecified atom stereocenters. The number of anilines is 1. The van der Waals surface area contributed by atoms with Crippen molar-refractivity contribution in [2.45, 2.75) is 26.9 Å². The van der Waals surface area contributed by atoms with Gasteiger partial charge in [-0.05, 0) is 56.2 Å². The van der Waals surface area contributed by atoms with Crippen LogP contribution in [-0.2, 0) is 9.53 Å². The quantitative estimate of drug-likeness (QED) is 0.841. The highest BCUT2D eigenvalue weighted by Crippen LogP contribution is 2.25. The number of hydrogen-bond acceptors (Lipinski definition) is 4. The number of hydrogen-bond donors (Lipinski definition) is 1. The van der Waals surface area contributed by atoms with Crippen LogP contribution in [0.1, 0.15) is 28.4 Å². The molecule has 1 atom stereocenters. The van der Waals surface area contributed by atoms with E-state index in [4.69, 9.17) is 9.47 Å². The van der Waals surface area contributed by atoms with Gasteiger partial charge in [0, 0.05) is 0 Å². The van der Waals surface area contributed by atoms with Crippen LogP contribution in [0.2, 0.25) is 0 Å². The topological polar surface area (TPSA) is 64.6 Å². The molecule has 25 heavy (non-hydrogen) atoms. The van der Waals surface area contributed by atoms with Gasteiger partial charge in [-0.1, -0.05) is 12.1 Å². The lowest BCUT2D eigenvalue weighted by molar-refractivity contribution is -0.123. The van der Waals surface area contributed by atoms with Gasteiger partial charge in [0.15, 0.2) is 6.10 Å². The number of ether oxygens (including phenoxy) is 2. The fraction of sp³-hybridized carbons (Fsp3) is 0.263. The molecule has 0 fully saturated rings. The zero-order valence-electron chi connectivity index (χ0n) is 14.6. The third-order valence-corrected chi connectivity index (χ3v) is 3.67. The van der Waals surface area contributed by atoms with Crippen molar-refractivity contribution in [3.63, 3.8) is 0 Å². The third-order valence-electron chi connectivity index (χ3n) is 3.67. The van der Waals surface area contributed by atoms with Crippen molar-refractivity contribution >= 4 is 17.6 Å². The smallest absolute Gasteiger partial charge is 0.339 e. The minimum atomic E-state index is -1.05. The van der Waals surface area contributed by atoms with Crippen molar-refractivity contribution in [2.75, 3.05) is 12.4 Å². The van der Waals surface area contributed by atoms with Crippen molar-refractivity contribution in [2.24, 2.45) is 0 Å². The van der Waals surface area contributed by atoms with Gasteiger partial charge < -0.3 is 14.8 Å². The van der Waals surface area contributed by atoms with Crippen LogP contribution < -0.4 is 10.1 Å². The van der Waals surface area contributed by atoms with Gasteiger partial charge in [-0.15, -0.1) is 0 Å². The molecule has 0 aliphatic rings. The molecule has 0 heterocycles. The number of halogens is 1. The summed E-state index contributed by atoms with van der Waals surface area (Å²) in [6.07, 6.45) is -1.05. The lowest BCUT2D eigenvalue weighted by atomic mass is 10.1. The van der Waals surface area contributed by atoms with E-state index in [0.29, 0.717) is 17.0 Å². The standard InChI is InChI=1S/C19H20FNO4/c1-11-5-8-17(24-4)16(9-11)21-18(22)13(3)25-19(23)14-7-6-12(2)15(20)10-14/h5-10,13H,1-4H3,(H,21,22)/t13-/m0/s1. The van der Waals surface area contributed by atoms with Crippen molar-refractivity contribution in [3.05, 3.63) is 58.9 Å². The Morgan fingerprint density at radius 2 is 1.84 bits per heavy atom. The highest BCUT2D eigenvalue weighted by Gasteiger charge is 2.20. The zero-order valence-corrected chi connectivity index (χ0v) is 14.6. The van der Waals surface area contributed by atoms with Crippen LogP contribution in [0.3, 0.4) is 0 Å². The average Bonchev–Trinajstić information content (AvgIpc) is 2.57. The monoisotopic (exact) mass is 345 g/mol. The zero-order chi connectivity index (χ0) is 18.6. The molecule has 0 radical (unpaired) electrons. The summed E-state index contributed by atoms with van der Waals surface area (Å²) in [5, 5.41) is 2.66. The molecule has 0 aliphatic carbocycles. The Balaban J connectivity index is 2.06. The molecule has 6 heteroatoms. The number of benzene rings is 2. The SMILES string of the molecule is COc1ccc(C)cc1NC(=O)[C@H](C)OC(=O)c1ccc(C)c(F)c1. The second-order valence-corrected chi connectivity index (χ2v) is 5.70. The van der Waals surface area contributed by atoms with Crippen molar-refractivity contribution < 1.29 is 23.5 Å². The van der Waals surface area contributed by atoms with Gasteiger partial charge in [-0.2, -0.15) is 0 Å². The molecule has 0 bridgehead atoms. The number of amides is 1. The van der Waals surface area contributed by atoms with Crippen LogP contribution in [0.15, 0.2) is 36.4 Å². The minimum Gasteiger partial charge on any atom is -0.495 e. The van der Waals surface area contributed by atoms with E-state index in [-0.39, 0.29) is 5.56 Å². The van der Waals surface area contributed by atoms with E-state index < -0.39 is 23.8 Å². The number of nitrogens with one attached hydrogen (secondary N) is 1. The van der Waals surface area contributed by atoms with Gasteiger partial charge >= 0.3 is 5.97 Å². The second kappa shape index (κ2) is 7.79. The molecule has 5 nitrogen and oxygen atoms in total. The van der Waals surface area contributed by atoms with Crippen molar-refractivity contribution in [1.82, 2.24) is 0 Å². The van der Waals surface area contributed by atoms with Gasteiger partial charge in [0.05, 0.1) is 18.4 Å². The molecule has 132 valence electrons. The third kappa shape index (κ3) is 4.56. The maximum atomic E-state index is 13.5. The van der Waals surface area contributed by atoms with Gasteiger partial charge in [-0.3, -0.25) is 4.79 Å². The first-order valence-corrected chi connectivity index (χ1v) is 7.74. The van der Waals surface area contributed by atoms with Crippen LogP contribution in [0, 0.1) is 19.7 Å². The predicted molar refractivity (Wildman–Crippen MR) is 92.4 cm³/mol. The molecular formula is C19H20FNO4. The van der Waals surface area contributed by atoms with E-state index >= 15 is 0 Å². The van der Waals surface area contributed by atoms with E-state index in [1.165, 1.54) is 26.2 Å². The van der Waals surface area contributed by atoms with E-state index in [1.54, 1.807) is 19.1 Å². The molecular weight excluding hydrogens is 325 g/mol. The Kier molecular flexibility index (Phi) is 5.75. The van der Waals surface area contributed by atoms with Gasteiger partial charge in [-0.25, -0.2) is 9.18 Å². The Bertz CT molecular complexity index is 804. The van der Waals surface area contributed by atoms with Crippen molar-refractivity contribution in [3.8, 4) is 5.75 Å². The van der Waals surface area contributed by atoms with E-state index in [1.807, 2.05) is 13.0 Å². The Labute approximate surface area is 145 Å². The summed E-state index contributed by atoms with van der Waals surface area (Å²) in [7, 11) is 1.50. The number of esters is 1. The van der Waals surface area contributed by atoms with Gasteiger partial charge in [0.1, 0.15) is 11.6 Å². The lowest BCUT2D eigenvalue weighted by Crippen LogP contribution is -2.30. The molecule has 2 aromatic rings. The highest BCUT2D eigenvalue weighted by atomic mass is 19.1. The molecule has 2 rings (SSSR count). The summed E-state index contributed by atoms with van der Waals surface area (Å²) in [5.41, 5.74) is 1.90. The summed E-state index contributed by atoms with van der Waals surface area (Å²) in [6.45, 7) is 4.92. The van der Waals surface area contributed by atoms with Crippen LogP contribution in [0.5, 0.6) is 5.75 Å². The maximum Gasteiger partial charge on any atom is 0.339 e. The number of carbonyl (C=O) groups excluding carboxylic acids is 2. The van der Waals surface area contributed by atoms with Crippen LogP contribution >= 0.6 is 0 Å². The summed E-state index contributed by atoms with van der Waals surface area (Å²) in [5.74, 6) is -1.28. The Morgan fingerprint density at radius 3 is 2.48 bits per heavy atom. The molecule has 2 aromatic carbocycles. The predicted octanol–water partition coefficient (Wildman–Crippen LogP) is 3.64. The van der Waals surface area contributed by atoms with Crippen LogP contribution in [0.4, 0.5) is 10.1 Å².